The molecular formula is C17H18N2O3S2. The van der Waals surface area contributed by atoms with Crippen LogP contribution in [-0.4, -0.2) is 30.3 Å². The minimum atomic E-state index is -0.209. The first kappa shape index (κ1) is 16.9. The Kier molecular flexibility index (Phi) is 5.79. The summed E-state index contributed by atoms with van der Waals surface area (Å²) in [7, 11) is 0. The van der Waals surface area contributed by atoms with Gasteiger partial charge in [0.15, 0.2) is 5.11 Å². The van der Waals surface area contributed by atoms with Gasteiger partial charge in [-0.3, -0.25) is 10.1 Å². The van der Waals surface area contributed by atoms with Gasteiger partial charge in [-0.05, 0) is 60.8 Å². The lowest BCUT2D eigenvalue weighted by molar-refractivity contribution is 0.0679. The van der Waals surface area contributed by atoms with Gasteiger partial charge in [-0.25, -0.2) is 0 Å². The second kappa shape index (κ2) is 8.23. The van der Waals surface area contributed by atoms with Crippen LogP contribution in [0.3, 0.4) is 0 Å². The molecule has 0 aliphatic carbocycles. The Hall–Kier alpha value is -1.96. The molecule has 1 saturated heterocycles. The van der Waals surface area contributed by atoms with E-state index in [1.165, 1.54) is 11.3 Å². The Morgan fingerprint density at radius 3 is 2.83 bits per heavy atom. The lowest BCUT2D eigenvalue weighted by Gasteiger charge is -2.12. The van der Waals surface area contributed by atoms with Crippen LogP contribution in [0.1, 0.15) is 22.5 Å². The molecule has 0 saturated carbocycles. The minimum Gasteiger partial charge on any atom is -0.491 e. The molecule has 2 heterocycles. The maximum atomic E-state index is 11.9. The zero-order valence-corrected chi connectivity index (χ0v) is 14.6. The fourth-order valence-electron chi connectivity index (χ4n) is 2.33. The maximum absolute atomic E-state index is 11.9. The minimum absolute atomic E-state index is 0.197. The number of thiophene rings is 1. The summed E-state index contributed by atoms with van der Waals surface area (Å²) in [4.78, 5) is 12.5. The van der Waals surface area contributed by atoms with Crippen LogP contribution in [0.5, 0.6) is 5.75 Å². The van der Waals surface area contributed by atoms with Gasteiger partial charge < -0.3 is 14.8 Å². The molecule has 1 aliphatic rings. The molecule has 0 unspecified atom stereocenters. The summed E-state index contributed by atoms with van der Waals surface area (Å²) in [6.07, 6.45) is 2.35. The van der Waals surface area contributed by atoms with Crippen molar-refractivity contribution in [3.05, 3.63) is 46.7 Å². The third-order valence-corrected chi connectivity index (χ3v) is 4.62. The van der Waals surface area contributed by atoms with Crippen LogP contribution in [0, 0.1) is 0 Å². The van der Waals surface area contributed by atoms with Crippen molar-refractivity contribution in [3.8, 4) is 5.75 Å². The lowest BCUT2D eigenvalue weighted by atomic mass is 10.2. The Balaban J connectivity index is 1.46. The quantitative estimate of drug-likeness (QED) is 0.798. The molecule has 126 valence electrons. The zero-order valence-electron chi connectivity index (χ0n) is 13.0. The summed E-state index contributed by atoms with van der Waals surface area (Å²) in [5.41, 5.74) is 0.788. The number of benzene rings is 1. The summed E-state index contributed by atoms with van der Waals surface area (Å²) in [6, 6.07) is 11.0. The maximum Gasteiger partial charge on any atom is 0.267 e. The van der Waals surface area contributed by atoms with Crippen LogP contribution in [0.4, 0.5) is 5.69 Å². The first-order valence-electron chi connectivity index (χ1n) is 7.71. The SMILES string of the molecule is O=C(NC(=S)Nc1ccc(OC[C@@H]2CCCO2)cc1)c1cccs1. The number of anilines is 1. The lowest BCUT2D eigenvalue weighted by Crippen LogP contribution is -2.33. The summed E-state index contributed by atoms with van der Waals surface area (Å²) in [5, 5.41) is 7.75. The fraction of sp³-hybridized carbons (Fsp3) is 0.294. The number of nitrogens with one attached hydrogen (secondary N) is 2. The Labute approximate surface area is 150 Å². The highest BCUT2D eigenvalue weighted by molar-refractivity contribution is 7.80. The van der Waals surface area contributed by atoms with E-state index < -0.39 is 0 Å². The van der Waals surface area contributed by atoms with Crippen molar-refractivity contribution in [2.24, 2.45) is 0 Å². The summed E-state index contributed by atoms with van der Waals surface area (Å²) in [5.74, 6) is 0.573. The highest BCUT2D eigenvalue weighted by Gasteiger charge is 2.16. The zero-order chi connectivity index (χ0) is 16.8. The predicted octanol–water partition coefficient (Wildman–Crippen LogP) is 3.43. The average Bonchev–Trinajstić information content (AvgIpc) is 3.28. The third kappa shape index (κ3) is 4.77. The molecule has 7 heteroatoms. The molecule has 5 nitrogen and oxygen atoms in total. The van der Waals surface area contributed by atoms with Gasteiger partial charge >= 0.3 is 0 Å². The van der Waals surface area contributed by atoms with Crippen LogP contribution in [0.2, 0.25) is 0 Å². The molecule has 24 heavy (non-hydrogen) atoms. The van der Waals surface area contributed by atoms with Gasteiger partial charge in [-0.15, -0.1) is 11.3 Å². The molecule has 2 N–H and O–H groups in total. The smallest absolute Gasteiger partial charge is 0.267 e. The molecule has 0 radical (unpaired) electrons. The first-order chi connectivity index (χ1) is 11.7. The van der Waals surface area contributed by atoms with Gasteiger partial charge in [0.2, 0.25) is 0 Å². The van der Waals surface area contributed by atoms with E-state index in [1.54, 1.807) is 6.07 Å². The largest absolute Gasteiger partial charge is 0.491 e. The number of amides is 1. The molecular weight excluding hydrogens is 344 g/mol. The van der Waals surface area contributed by atoms with E-state index in [0.29, 0.717) is 11.5 Å². The van der Waals surface area contributed by atoms with Gasteiger partial charge in [0, 0.05) is 12.3 Å². The molecule has 1 aromatic carbocycles. The number of thiocarbonyl (C=S) groups is 1. The number of hydrogen-bond donors (Lipinski definition) is 2. The molecule has 2 aromatic rings. The first-order valence-corrected chi connectivity index (χ1v) is 9.00. The highest BCUT2D eigenvalue weighted by atomic mass is 32.1. The number of rotatable bonds is 5. The third-order valence-electron chi connectivity index (χ3n) is 3.54. The van der Waals surface area contributed by atoms with Gasteiger partial charge in [0.05, 0.1) is 11.0 Å². The van der Waals surface area contributed by atoms with Gasteiger partial charge in [-0.1, -0.05) is 6.07 Å². The van der Waals surface area contributed by atoms with Crippen molar-refractivity contribution in [1.29, 1.82) is 0 Å². The Morgan fingerprint density at radius 1 is 1.33 bits per heavy atom. The second-order valence-corrected chi connectivity index (χ2v) is 6.71. The Bertz CT molecular complexity index is 680. The van der Waals surface area contributed by atoms with Crippen molar-refractivity contribution in [3.63, 3.8) is 0 Å². The highest BCUT2D eigenvalue weighted by Crippen LogP contribution is 2.18. The normalized spacial score (nSPS) is 16.6. The van der Waals surface area contributed by atoms with E-state index in [9.17, 15) is 4.79 Å². The molecule has 0 bridgehead atoms. The van der Waals surface area contributed by atoms with Crippen LogP contribution in [-0.2, 0) is 4.74 Å². The van der Waals surface area contributed by atoms with Gasteiger partial charge in [0.1, 0.15) is 12.4 Å². The molecule has 1 aliphatic heterocycles. The van der Waals surface area contributed by atoms with E-state index in [-0.39, 0.29) is 17.1 Å². The number of hydrogen-bond acceptors (Lipinski definition) is 5. The summed E-state index contributed by atoms with van der Waals surface area (Å²) < 4.78 is 11.2. The van der Waals surface area contributed by atoms with E-state index in [2.05, 4.69) is 10.6 Å². The van der Waals surface area contributed by atoms with Crippen LogP contribution in [0.25, 0.3) is 0 Å². The second-order valence-electron chi connectivity index (χ2n) is 5.36. The summed E-state index contributed by atoms with van der Waals surface area (Å²) >= 11 is 6.53. The Morgan fingerprint density at radius 2 is 2.17 bits per heavy atom. The summed E-state index contributed by atoms with van der Waals surface area (Å²) in [6.45, 7) is 1.40. The molecule has 3 rings (SSSR count). The van der Waals surface area contributed by atoms with Crippen molar-refractivity contribution < 1.29 is 14.3 Å². The van der Waals surface area contributed by atoms with Crippen LogP contribution in [0.15, 0.2) is 41.8 Å². The number of ether oxygens (including phenoxy) is 2. The van der Waals surface area contributed by atoms with Crippen LogP contribution < -0.4 is 15.4 Å². The van der Waals surface area contributed by atoms with Crippen molar-refractivity contribution in [1.82, 2.24) is 5.32 Å². The predicted molar refractivity (Wildman–Crippen MR) is 98.9 cm³/mol. The van der Waals surface area contributed by atoms with Crippen molar-refractivity contribution >= 4 is 40.3 Å². The molecule has 1 atom stereocenters. The monoisotopic (exact) mass is 362 g/mol. The van der Waals surface area contributed by atoms with Gasteiger partial charge in [0.25, 0.3) is 5.91 Å². The molecule has 1 fully saturated rings. The average molecular weight is 362 g/mol. The number of carbonyl (C=O) groups excluding carboxylic acids is 1. The standard InChI is InChI=1S/C17H18N2O3S2/c20-16(15-4-2-10-24-15)19-17(23)18-12-5-7-13(8-6-12)22-11-14-3-1-9-21-14/h2,4-8,10,14H,1,3,9,11H2,(H2,18,19,20,23)/t14-/m0/s1. The van der Waals surface area contributed by atoms with Crippen molar-refractivity contribution in [2.75, 3.05) is 18.5 Å². The van der Waals surface area contributed by atoms with E-state index in [1.807, 2.05) is 35.7 Å². The topological polar surface area (TPSA) is 59.6 Å². The van der Waals surface area contributed by atoms with Crippen LogP contribution >= 0.6 is 23.6 Å². The van der Waals surface area contributed by atoms with E-state index >= 15 is 0 Å². The van der Waals surface area contributed by atoms with E-state index in [0.717, 1.165) is 30.9 Å². The molecule has 1 aromatic heterocycles. The van der Waals surface area contributed by atoms with E-state index in [4.69, 9.17) is 21.7 Å². The fourth-order valence-corrected chi connectivity index (χ4v) is 3.16. The molecule has 1 amide bonds. The number of carbonyl (C=O) groups is 1. The van der Waals surface area contributed by atoms with Crippen molar-refractivity contribution in [2.45, 2.75) is 18.9 Å². The van der Waals surface area contributed by atoms with Gasteiger partial charge in [-0.2, -0.15) is 0 Å². The molecule has 0 spiro atoms.